The topological polar surface area (TPSA) is 76.5 Å². The highest BCUT2D eigenvalue weighted by Crippen LogP contribution is 2.24. The van der Waals surface area contributed by atoms with E-state index in [0.717, 1.165) is 16.8 Å². The fourth-order valence-corrected chi connectivity index (χ4v) is 1.80. The molecule has 0 fully saturated rings. The predicted octanol–water partition coefficient (Wildman–Crippen LogP) is 1.60. The minimum absolute atomic E-state index is 0.0362. The lowest BCUT2D eigenvalue weighted by atomic mass is 10.2. The molecule has 0 aliphatic carbocycles. The monoisotopic (exact) mass is 275 g/mol. The van der Waals surface area contributed by atoms with Crippen molar-refractivity contribution >= 4 is 5.69 Å². The van der Waals surface area contributed by atoms with Crippen molar-refractivity contribution < 1.29 is 14.6 Å². The van der Waals surface area contributed by atoms with Crippen LogP contribution in [0.3, 0.4) is 0 Å². The first-order valence-electron chi connectivity index (χ1n) is 6.14. The van der Waals surface area contributed by atoms with E-state index in [9.17, 15) is 0 Å². The molecule has 1 aromatic carbocycles. The van der Waals surface area contributed by atoms with Crippen molar-refractivity contribution in [3.63, 3.8) is 0 Å². The maximum atomic E-state index is 9.00. The molecule has 0 saturated carbocycles. The summed E-state index contributed by atoms with van der Waals surface area (Å²) in [5.74, 6) is 0.965. The van der Waals surface area contributed by atoms with Gasteiger partial charge in [-0.15, -0.1) is 0 Å². The van der Waals surface area contributed by atoms with E-state index < -0.39 is 0 Å². The molecule has 1 aromatic heterocycles. The summed E-state index contributed by atoms with van der Waals surface area (Å²) >= 11 is 0. The molecule has 0 bridgehead atoms. The number of aliphatic hydroxyl groups excluding tert-OH is 1. The van der Waals surface area contributed by atoms with Crippen molar-refractivity contribution in [3.05, 3.63) is 41.7 Å². The van der Waals surface area contributed by atoms with Crippen LogP contribution in [0.1, 0.15) is 11.1 Å². The fourth-order valence-electron chi connectivity index (χ4n) is 1.80. The highest BCUT2D eigenvalue weighted by Gasteiger charge is 2.12. The summed E-state index contributed by atoms with van der Waals surface area (Å²) in [4.78, 5) is 8.12. The first-order valence-corrected chi connectivity index (χ1v) is 6.14. The average molecular weight is 275 g/mol. The van der Waals surface area contributed by atoms with Crippen molar-refractivity contribution in [3.8, 4) is 11.8 Å². The molecule has 2 aromatic rings. The number of hydrogen-bond donors (Lipinski definition) is 2. The number of aromatic nitrogens is 2. The molecule has 0 spiro atoms. The van der Waals surface area contributed by atoms with Crippen LogP contribution in [-0.2, 0) is 13.2 Å². The number of nitrogens with one attached hydrogen (secondary N) is 1. The van der Waals surface area contributed by atoms with Gasteiger partial charge in [0.2, 0.25) is 11.8 Å². The van der Waals surface area contributed by atoms with Crippen LogP contribution < -0.4 is 14.8 Å². The molecule has 0 atom stereocenters. The smallest absolute Gasteiger partial charge is 0.225 e. The summed E-state index contributed by atoms with van der Waals surface area (Å²) in [5, 5.41) is 12.2. The van der Waals surface area contributed by atoms with Gasteiger partial charge in [-0.3, -0.25) is 0 Å². The molecular formula is C14H17N3O3. The lowest BCUT2D eigenvalue weighted by Crippen LogP contribution is -2.06. The largest absolute Gasteiger partial charge is 0.481 e. The number of nitrogens with zero attached hydrogens (tertiary/aromatic N) is 2. The first-order chi connectivity index (χ1) is 9.78. The lowest BCUT2D eigenvalue weighted by Gasteiger charge is -2.12. The van der Waals surface area contributed by atoms with Gasteiger partial charge in [0.15, 0.2) is 0 Å². The first kappa shape index (κ1) is 14.1. The van der Waals surface area contributed by atoms with Crippen LogP contribution in [0.2, 0.25) is 0 Å². The highest BCUT2D eigenvalue weighted by molar-refractivity contribution is 5.47. The molecule has 0 aliphatic rings. The summed E-state index contributed by atoms with van der Waals surface area (Å²) in [7, 11) is 3.11. The zero-order valence-electron chi connectivity index (χ0n) is 11.5. The Morgan fingerprint density at radius 1 is 1.05 bits per heavy atom. The van der Waals surface area contributed by atoms with Gasteiger partial charge in [0.1, 0.15) is 6.33 Å². The van der Waals surface area contributed by atoms with Crippen LogP contribution in [0.15, 0.2) is 30.6 Å². The van der Waals surface area contributed by atoms with Gasteiger partial charge in [-0.1, -0.05) is 12.1 Å². The van der Waals surface area contributed by atoms with Crippen LogP contribution >= 0.6 is 0 Å². The Labute approximate surface area is 117 Å². The summed E-state index contributed by atoms with van der Waals surface area (Å²) in [5.41, 5.74) is 2.55. The van der Waals surface area contributed by atoms with E-state index in [1.165, 1.54) is 6.33 Å². The van der Waals surface area contributed by atoms with E-state index in [0.29, 0.717) is 18.3 Å². The second-order valence-electron chi connectivity index (χ2n) is 4.08. The molecule has 1 heterocycles. The number of anilines is 1. The molecule has 0 radical (unpaired) electrons. The van der Waals surface area contributed by atoms with Crippen LogP contribution in [0, 0.1) is 0 Å². The third-order valence-electron chi connectivity index (χ3n) is 2.86. The second kappa shape index (κ2) is 6.72. The number of ether oxygens (including phenoxy) is 2. The molecule has 2 rings (SSSR count). The van der Waals surface area contributed by atoms with E-state index in [1.807, 2.05) is 24.3 Å². The Kier molecular flexibility index (Phi) is 4.73. The zero-order valence-corrected chi connectivity index (χ0v) is 11.5. The van der Waals surface area contributed by atoms with Crippen molar-refractivity contribution in [2.24, 2.45) is 0 Å². The molecule has 0 aliphatic heterocycles. The summed E-state index contributed by atoms with van der Waals surface area (Å²) < 4.78 is 10.4. The van der Waals surface area contributed by atoms with Gasteiger partial charge in [0, 0.05) is 5.69 Å². The normalized spacial score (nSPS) is 10.2. The van der Waals surface area contributed by atoms with Gasteiger partial charge in [-0.2, -0.15) is 0 Å². The van der Waals surface area contributed by atoms with E-state index in [-0.39, 0.29) is 6.61 Å². The van der Waals surface area contributed by atoms with Crippen molar-refractivity contribution in [2.45, 2.75) is 13.2 Å². The highest BCUT2D eigenvalue weighted by atomic mass is 16.5. The Hall–Kier alpha value is -2.34. The van der Waals surface area contributed by atoms with Gasteiger partial charge in [-0.05, 0) is 17.7 Å². The molecule has 0 amide bonds. The molecule has 106 valence electrons. The molecule has 0 unspecified atom stereocenters. The number of hydrogen-bond acceptors (Lipinski definition) is 6. The molecule has 20 heavy (non-hydrogen) atoms. The second-order valence-corrected chi connectivity index (χ2v) is 4.08. The minimum Gasteiger partial charge on any atom is -0.481 e. The van der Waals surface area contributed by atoms with Crippen molar-refractivity contribution in [1.29, 1.82) is 0 Å². The van der Waals surface area contributed by atoms with E-state index in [1.54, 1.807) is 14.2 Å². The van der Waals surface area contributed by atoms with Gasteiger partial charge in [-0.25, -0.2) is 9.97 Å². The van der Waals surface area contributed by atoms with E-state index in [2.05, 4.69) is 15.3 Å². The van der Waals surface area contributed by atoms with Gasteiger partial charge in [0.25, 0.3) is 0 Å². The molecule has 0 saturated heterocycles. The number of benzene rings is 1. The summed E-state index contributed by atoms with van der Waals surface area (Å²) in [6, 6.07) is 7.51. The number of aliphatic hydroxyl groups is 1. The van der Waals surface area contributed by atoms with Crippen molar-refractivity contribution in [2.75, 3.05) is 19.5 Å². The molecule has 2 N–H and O–H groups in total. The standard InChI is InChI=1S/C14H17N3O3/c1-19-13-12(14(20-2)17-9-16-13)7-15-11-5-3-10(8-18)4-6-11/h3-6,9,15,18H,7-8H2,1-2H3. The molecule has 6 heteroatoms. The Morgan fingerprint density at radius 2 is 1.65 bits per heavy atom. The van der Waals surface area contributed by atoms with E-state index >= 15 is 0 Å². The maximum Gasteiger partial charge on any atom is 0.225 e. The lowest BCUT2D eigenvalue weighted by molar-refractivity contribution is 0.282. The van der Waals surface area contributed by atoms with Gasteiger partial charge >= 0.3 is 0 Å². The number of rotatable bonds is 6. The van der Waals surface area contributed by atoms with Gasteiger partial charge in [0.05, 0.1) is 32.9 Å². The average Bonchev–Trinajstić information content (AvgIpc) is 2.52. The quantitative estimate of drug-likeness (QED) is 0.834. The predicted molar refractivity (Wildman–Crippen MR) is 74.8 cm³/mol. The SMILES string of the molecule is COc1ncnc(OC)c1CNc1ccc(CO)cc1. The van der Waals surface area contributed by atoms with Crippen LogP contribution in [0.5, 0.6) is 11.8 Å². The zero-order chi connectivity index (χ0) is 14.4. The van der Waals surface area contributed by atoms with Crippen molar-refractivity contribution in [1.82, 2.24) is 9.97 Å². The van der Waals surface area contributed by atoms with Crippen LogP contribution in [0.4, 0.5) is 5.69 Å². The number of methoxy groups -OCH3 is 2. The summed E-state index contributed by atoms with van der Waals surface area (Å²) in [6.07, 6.45) is 1.40. The van der Waals surface area contributed by atoms with E-state index in [4.69, 9.17) is 14.6 Å². The molecule has 6 nitrogen and oxygen atoms in total. The Bertz CT molecular complexity index is 536. The van der Waals surface area contributed by atoms with Gasteiger partial charge < -0.3 is 19.9 Å². The third kappa shape index (κ3) is 3.16. The fraction of sp³-hybridized carbons (Fsp3) is 0.286. The maximum absolute atomic E-state index is 9.00. The Balaban J connectivity index is 2.13. The molecular weight excluding hydrogens is 258 g/mol. The Morgan fingerprint density at radius 3 is 2.15 bits per heavy atom. The minimum atomic E-state index is 0.0362. The third-order valence-corrected chi connectivity index (χ3v) is 2.86. The van der Waals surface area contributed by atoms with Crippen LogP contribution in [0.25, 0.3) is 0 Å². The van der Waals surface area contributed by atoms with Crippen LogP contribution in [-0.4, -0.2) is 29.3 Å². The summed E-state index contributed by atoms with van der Waals surface area (Å²) in [6.45, 7) is 0.514.